The molecule has 0 aliphatic heterocycles. The van der Waals surface area contributed by atoms with Gasteiger partial charge in [0.2, 0.25) is 0 Å². The first-order chi connectivity index (χ1) is 16.6. The maximum absolute atomic E-state index is 12.8. The Morgan fingerprint density at radius 2 is 1.54 bits per heavy atom. The molecule has 1 aliphatic rings. The number of rotatable bonds is 9. The van der Waals surface area contributed by atoms with Gasteiger partial charge in [0.25, 0.3) is 0 Å². The third-order valence-electron chi connectivity index (χ3n) is 5.90. The van der Waals surface area contributed by atoms with Gasteiger partial charge in [-0.1, -0.05) is 61.4 Å². The molecule has 1 unspecified atom stereocenters. The Labute approximate surface area is 206 Å². The fraction of sp³-hybridized carbons (Fsp3) is 0.444. The van der Waals surface area contributed by atoms with Crippen LogP contribution in [0.15, 0.2) is 48.5 Å². The largest absolute Gasteiger partial charge is 0.480 e. The molecule has 188 valence electrons. The third-order valence-corrected chi connectivity index (χ3v) is 5.90. The predicted octanol–water partition coefficient (Wildman–Crippen LogP) is 5.36. The molecular formula is C27H34N2O6. The van der Waals surface area contributed by atoms with E-state index in [1.54, 1.807) is 25.7 Å². The summed E-state index contributed by atoms with van der Waals surface area (Å²) < 4.78 is 10.3. The van der Waals surface area contributed by atoms with Crippen LogP contribution in [-0.4, -0.2) is 53.5 Å². The summed E-state index contributed by atoms with van der Waals surface area (Å²) in [5.41, 5.74) is 3.64. The number of benzene rings is 2. The number of hydrogen-bond donors (Lipinski definition) is 2. The minimum absolute atomic E-state index is 0.240. The van der Waals surface area contributed by atoms with Crippen LogP contribution in [0.25, 0.3) is 11.1 Å². The van der Waals surface area contributed by atoms with Gasteiger partial charge in [0.05, 0.1) is 13.2 Å². The summed E-state index contributed by atoms with van der Waals surface area (Å²) in [5.74, 6) is -1.11. The molecule has 0 aromatic heterocycles. The van der Waals surface area contributed by atoms with Crippen LogP contribution in [0.3, 0.4) is 0 Å². The van der Waals surface area contributed by atoms with Gasteiger partial charge in [-0.3, -0.25) is 4.90 Å². The van der Waals surface area contributed by atoms with Crippen molar-refractivity contribution in [3.05, 3.63) is 59.7 Å². The van der Waals surface area contributed by atoms with Crippen LogP contribution in [0, 0.1) is 0 Å². The van der Waals surface area contributed by atoms with E-state index >= 15 is 0 Å². The molecule has 1 aliphatic carbocycles. The minimum atomic E-state index is -1.11. The highest BCUT2D eigenvalue weighted by Gasteiger charge is 2.35. The maximum atomic E-state index is 12.8. The molecule has 1 atom stereocenters. The number of ether oxygens (including phenoxy) is 2. The average molecular weight is 483 g/mol. The third kappa shape index (κ3) is 6.53. The Kier molecular flexibility index (Phi) is 8.38. The van der Waals surface area contributed by atoms with Crippen molar-refractivity contribution in [1.29, 1.82) is 0 Å². The van der Waals surface area contributed by atoms with Crippen LogP contribution in [0.2, 0.25) is 0 Å². The molecule has 2 aromatic rings. The predicted molar refractivity (Wildman–Crippen MR) is 132 cm³/mol. The van der Waals surface area contributed by atoms with Crippen LogP contribution in [0.4, 0.5) is 9.59 Å². The van der Waals surface area contributed by atoms with Crippen molar-refractivity contribution in [3.8, 4) is 11.1 Å². The van der Waals surface area contributed by atoms with Gasteiger partial charge in [-0.2, -0.15) is 0 Å². The number of unbranched alkanes of at least 4 members (excludes halogenated alkanes) is 2. The summed E-state index contributed by atoms with van der Waals surface area (Å²) in [6, 6.07) is 14.8. The van der Waals surface area contributed by atoms with Crippen molar-refractivity contribution in [2.45, 2.75) is 64.1 Å². The van der Waals surface area contributed by atoms with Crippen molar-refractivity contribution in [2.24, 2.45) is 0 Å². The number of hydrogen-bond acceptors (Lipinski definition) is 5. The van der Waals surface area contributed by atoms with Gasteiger partial charge in [-0.15, -0.1) is 0 Å². The quantitative estimate of drug-likeness (QED) is 0.466. The Morgan fingerprint density at radius 3 is 2.06 bits per heavy atom. The molecule has 0 radical (unpaired) electrons. The summed E-state index contributed by atoms with van der Waals surface area (Å²) in [4.78, 5) is 38.0. The maximum Gasteiger partial charge on any atom is 0.410 e. The summed E-state index contributed by atoms with van der Waals surface area (Å²) in [6.45, 7) is 5.61. The first-order valence-electron chi connectivity index (χ1n) is 11.9. The number of methoxy groups -OCH3 is 1. The van der Waals surface area contributed by atoms with E-state index in [0.29, 0.717) is 25.8 Å². The van der Waals surface area contributed by atoms with E-state index in [-0.39, 0.29) is 12.5 Å². The molecule has 2 amide bonds. The normalized spacial score (nSPS) is 13.4. The molecule has 0 spiro atoms. The molecule has 3 rings (SSSR count). The molecule has 0 saturated carbocycles. The van der Waals surface area contributed by atoms with Gasteiger partial charge in [0, 0.05) is 6.54 Å². The average Bonchev–Trinajstić information content (AvgIpc) is 3.13. The van der Waals surface area contributed by atoms with Gasteiger partial charge in [0.15, 0.2) is 0 Å². The first-order valence-corrected chi connectivity index (χ1v) is 11.9. The Morgan fingerprint density at radius 1 is 0.971 bits per heavy atom. The fourth-order valence-corrected chi connectivity index (χ4v) is 4.42. The zero-order chi connectivity index (χ0) is 25.6. The number of amides is 2. The van der Waals surface area contributed by atoms with Crippen molar-refractivity contribution >= 4 is 18.2 Å². The highest BCUT2D eigenvalue weighted by Crippen LogP contribution is 2.46. The number of aliphatic carboxylic acids is 1. The summed E-state index contributed by atoms with van der Waals surface area (Å²) in [5, 5.41) is 11.9. The SMILES string of the molecule is COC(=O)N(CCCCCC(NC(=O)OC(C)(C)C)C(=O)O)C1c2ccccc2-c2ccccc21. The number of nitrogens with one attached hydrogen (secondary N) is 1. The lowest BCUT2D eigenvalue weighted by Gasteiger charge is -2.29. The van der Waals surface area contributed by atoms with Crippen LogP contribution >= 0.6 is 0 Å². The van der Waals surface area contributed by atoms with Gasteiger partial charge in [-0.05, 0) is 55.9 Å². The van der Waals surface area contributed by atoms with Crippen LogP contribution < -0.4 is 5.32 Å². The smallest absolute Gasteiger partial charge is 0.410 e. The number of carbonyl (C=O) groups is 3. The Hall–Kier alpha value is -3.55. The highest BCUT2D eigenvalue weighted by atomic mass is 16.6. The van der Waals surface area contributed by atoms with Crippen molar-refractivity contribution in [1.82, 2.24) is 10.2 Å². The molecule has 8 nitrogen and oxygen atoms in total. The number of carbonyl (C=O) groups excluding carboxylic acids is 2. The van der Waals surface area contributed by atoms with Crippen LogP contribution in [0.1, 0.15) is 63.6 Å². The second kappa shape index (κ2) is 11.3. The van der Waals surface area contributed by atoms with E-state index in [1.807, 2.05) is 36.4 Å². The van der Waals surface area contributed by atoms with Crippen LogP contribution in [-0.2, 0) is 14.3 Å². The lowest BCUT2D eigenvalue weighted by atomic mass is 10.0. The molecule has 0 heterocycles. The molecule has 2 aromatic carbocycles. The first kappa shape index (κ1) is 26.1. The monoisotopic (exact) mass is 482 g/mol. The zero-order valence-electron chi connectivity index (χ0n) is 20.7. The number of carboxylic acids is 1. The van der Waals surface area contributed by atoms with Crippen molar-refractivity contribution < 1.29 is 29.0 Å². The second-order valence-corrected chi connectivity index (χ2v) is 9.63. The van der Waals surface area contributed by atoms with Gasteiger partial charge in [-0.25, -0.2) is 14.4 Å². The van der Waals surface area contributed by atoms with Gasteiger partial charge < -0.3 is 19.9 Å². The molecule has 35 heavy (non-hydrogen) atoms. The van der Waals surface area contributed by atoms with E-state index in [0.717, 1.165) is 22.3 Å². The summed E-state index contributed by atoms with van der Waals surface area (Å²) in [7, 11) is 1.38. The van der Waals surface area contributed by atoms with Crippen molar-refractivity contribution in [2.75, 3.05) is 13.7 Å². The minimum Gasteiger partial charge on any atom is -0.480 e. The van der Waals surface area contributed by atoms with E-state index in [4.69, 9.17) is 9.47 Å². The lowest BCUT2D eigenvalue weighted by Crippen LogP contribution is -2.43. The second-order valence-electron chi connectivity index (χ2n) is 9.63. The summed E-state index contributed by atoms with van der Waals surface area (Å²) >= 11 is 0. The molecule has 8 heteroatoms. The molecular weight excluding hydrogens is 448 g/mol. The molecule has 2 N–H and O–H groups in total. The van der Waals surface area contributed by atoms with Crippen LogP contribution in [0.5, 0.6) is 0 Å². The molecule has 0 saturated heterocycles. The van der Waals surface area contributed by atoms with E-state index in [2.05, 4.69) is 17.4 Å². The van der Waals surface area contributed by atoms with Gasteiger partial charge in [0.1, 0.15) is 11.6 Å². The molecule has 0 fully saturated rings. The topological polar surface area (TPSA) is 105 Å². The Balaban J connectivity index is 1.62. The fourth-order valence-electron chi connectivity index (χ4n) is 4.42. The zero-order valence-corrected chi connectivity index (χ0v) is 20.7. The van der Waals surface area contributed by atoms with E-state index in [9.17, 15) is 19.5 Å². The highest BCUT2D eigenvalue weighted by molar-refractivity contribution is 5.81. The number of alkyl carbamates (subject to hydrolysis) is 1. The summed E-state index contributed by atoms with van der Waals surface area (Å²) in [6.07, 6.45) is 1.02. The lowest BCUT2D eigenvalue weighted by molar-refractivity contribution is -0.139. The standard InChI is InChI=1S/C27H34N2O6/c1-27(2,3)35-25(32)28-22(24(30)31)16-6-5-11-17-29(26(33)34-4)23-20-14-9-7-12-18(20)19-13-8-10-15-21(19)23/h7-10,12-15,22-23H,5-6,11,16-17H2,1-4H3,(H,28,32)(H,30,31). The van der Waals surface area contributed by atoms with E-state index < -0.39 is 29.8 Å². The molecule has 0 bridgehead atoms. The number of carboxylic acid groups (broad SMARTS) is 1. The number of nitrogens with zero attached hydrogens (tertiary/aromatic N) is 1. The van der Waals surface area contributed by atoms with Crippen molar-refractivity contribution in [3.63, 3.8) is 0 Å². The van der Waals surface area contributed by atoms with E-state index in [1.165, 1.54) is 7.11 Å². The Bertz CT molecular complexity index is 1020. The number of fused-ring (bicyclic) bond motifs is 3. The van der Waals surface area contributed by atoms with Gasteiger partial charge >= 0.3 is 18.2 Å².